The van der Waals surface area contributed by atoms with Crippen molar-refractivity contribution in [3.05, 3.63) is 29.6 Å². The molecule has 1 spiro atoms. The summed E-state index contributed by atoms with van der Waals surface area (Å²) in [5.74, 6) is 1.96. The highest BCUT2D eigenvalue weighted by atomic mass is 19.1. The molecule has 0 aromatic heterocycles. The Morgan fingerprint density at radius 1 is 1.33 bits per heavy atom. The fraction of sp³-hybridized carbons (Fsp3) is 0.538. The maximum atomic E-state index is 13.1. The van der Waals surface area contributed by atoms with Crippen LogP contribution in [0.1, 0.15) is 25.8 Å². The van der Waals surface area contributed by atoms with E-state index in [9.17, 15) is 4.39 Å². The summed E-state index contributed by atoms with van der Waals surface area (Å²) < 4.78 is 18.6. The number of hydrogen-bond donors (Lipinski definition) is 0. The Balaban J connectivity index is 2.13. The fourth-order valence-corrected chi connectivity index (χ4v) is 3.27. The van der Waals surface area contributed by atoms with Gasteiger partial charge in [0.1, 0.15) is 11.6 Å². The van der Waals surface area contributed by atoms with Gasteiger partial charge < -0.3 is 4.74 Å². The number of halogens is 1. The third-order valence-electron chi connectivity index (χ3n) is 4.48. The van der Waals surface area contributed by atoms with Crippen LogP contribution in [0, 0.1) is 17.7 Å². The van der Waals surface area contributed by atoms with Crippen LogP contribution in [-0.2, 0) is 5.41 Å². The summed E-state index contributed by atoms with van der Waals surface area (Å²) in [6.07, 6.45) is 1.08. The average Bonchev–Trinajstić information content (AvgIpc) is 2.72. The van der Waals surface area contributed by atoms with Crippen LogP contribution in [0.2, 0.25) is 0 Å². The zero-order chi connectivity index (χ0) is 10.6. The van der Waals surface area contributed by atoms with E-state index >= 15 is 0 Å². The molecule has 1 aromatic carbocycles. The Labute approximate surface area is 89.3 Å². The molecule has 1 fully saturated rings. The Bertz CT molecular complexity index is 405. The number of benzene rings is 1. The molecule has 0 radical (unpaired) electrons. The third kappa shape index (κ3) is 1.02. The van der Waals surface area contributed by atoms with Gasteiger partial charge in [-0.1, -0.05) is 19.9 Å². The van der Waals surface area contributed by atoms with Crippen molar-refractivity contribution in [1.82, 2.24) is 0 Å². The molecule has 1 aromatic rings. The number of rotatable bonds is 0. The molecule has 1 aliphatic heterocycles. The van der Waals surface area contributed by atoms with Gasteiger partial charge in [0, 0.05) is 17.0 Å². The summed E-state index contributed by atoms with van der Waals surface area (Å²) in [5, 5.41) is 0. The first kappa shape index (κ1) is 9.20. The Hall–Kier alpha value is -1.05. The lowest BCUT2D eigenvalue weighted by Gasteiger charge is -2.27. The SMILES string of the molecule is CC1C(C)C12CCOc1cc(F)ccc12. The van der Waals surface area contributed by atoms with Crippen LogP contribution in [0.3, 0.4) is 0 Å². The summed E-state index contributed by atoms with van der Waals surface area (Å²) in [7, 11) is 0. The summed E-state index contributed by atoms with van der Waals surface area (Å²) in [5.41, 5.74) is 1.50. The lowest BCUT2D eigenvalue weighted by molar-refractivity contribution is 0.249. The van der Waals surface area contributed by atoms with E-state index in [-0.39, 0.29) is 11.2 Å². The van der Waals surface area contributed by atoms with Crippen molar-refractivity contribution in [2.24, 2.45) is 11.8 Å². The van der Waals surface area contributed by atoms with Crippen molar-refractivity contribution in [2.75, 3.05) is 6.61 Å². The van der Waals surface area contributed by atoms with Crippen molar-refractivity contribution in [2.45, 2.75) is 25.7 Å². The van der Waals surface area contributed by atoms with E-state index in [1.807, 2.05) is 6.07 Å². The number of hydrogen-bond acceptors (Lipinski definition) is 1. The van der Waals surface area contributed by atoms with Gasteiger partial charge in [-0.05, 0) is 24.3 Å². The van der Waals surface area contributed by atoms with Crippen molar-refractivity contribution < 1.29 is 9.13 Å². The largest absolute Gasteiger partial charge is 0.493 e. The highest BCUT2D eigenvalue weighted by Crippen LogP contribution is 2.64. The Kier molecular flexibility index (Phi) is 1.68. The van der Waals surface area contributed by atoms with Crippen molar-refractivity contribution in [3.63, 3.8) is 0 Å². The molecule has 1 nitrogen and oxygen atoms in total. The van der Waals surface area contributed by atoms with E-state index in [2.05, 4.69) is 13.8 Å². The molecule has 1 saturated carbocycles. The van der Waals surface area contributed by atoms with E-state index in [1.54, 1.807) is 6.07 Å². The monoisotopic (exact) mass is 206 g/mol. The van der Waals surface area contributed by atoms with Gasteiger partial charge in [-0.15, -0.1) is 0 Å². The van der Waals surface area contributed by atoms with Gasteiger partial charge in [0.15, 0.2) is 0 Å². The summed E-state index contributed by atoms with van der Waals surface area (Å²) >= 11 is 0. The Morgan fingerprint density at radius 2 is 2.07 bits per heavy atom. The molecule has 2 atom stereocenters. The molecule has 1 aliphatic carbocycles. The van der Waals surface area contributed by atoms with Gasteiger partial charge >= 0.3 is 0 Å². The van der Waals surface area contributed by atoms with Crippen molar-refractivity contribution in [3.8, 4) is 5.75 Å². The molecular weight excluding hydrogens is 191 g/mol. The molecular formula is C13H15FO. The maximum Gasteiger partial charge on any atom is 0.126 e. The van der Waals surface area contributed by atoms with E-state index in [1.165, 1.54) is 11.6 Å². The molecule has 0 amide bonds. The van der Waals surface area contributed by atoms with Gasteiger partial charge in [0.05, 0.1) is 6.61 Å². The summed E-state index contributed by atoms with van der Waals surface area (Å²) in [6, 6.07) is 4.98. The topological polar surface area (TPSA) is 9.23 Å². The second-order valence-electron chi connectivity index (χ2n) is 4.86. The van der Waals surface area contributed by atoms with Crippen LogP contribution in [0.5, 0.6) is 5.75 Å². The van der Waals surface area contributed by atoms with Gasteiger partial charge in [-0.25, -0.2) is 4.39 Å². The highest BCUT2D eigenvalue weighted by Gasteiger charge is 2.61. The fourth-order valence-electron chi connectivity index (χ4n) is 3.27. The zero-order valence-corrected chi connectivity index (χ0v) is 9.09. The maximum absolute atomic E-state index is 13.1. The lowest BCUT2D eigenvalue weighted by atomic mass is 9.86. The molecule has 0 saturated heterocycles. The zero-order valence-electron chi connectivity index (χ0n) is 9.09. The smallest absolute Gasteiger partial charge is 0.126 e. The van der Waals surface area contributed by atoms with Crippen LogP contribution in [-0.4, -0.2) is 6.61 Å². The third-order valence-corrected chi connectivity index (χ3v) is 4.48. The number of fused-ring (bicyclic) bond motifs is 2. The van der Waals surface area contributed by atoms with Gasteiger partial charge in [0.25, 0.3) is 0 Å². The number of ether oxygens (including phenoxy) is 1. The minimum absolute atomic E-state index is 0.202. The molecule has 0 bridgehead atoms. The predicted molar refractivity (Wildman–Crippen MR) is 56.5 cm³/mol. The minimum atomic E-state index is -0.202. The second-order valence-corrected chi connectivity index (χ2v) is 4.86. The first-order valence-corrected chi connectivity index (χ1v) is 5.59. The quantitative estimate of drug-likeness (QED) is 0.633. The second kappa shape index (κ2) is 2.75. The molecule has 80 valence electrons. The van der Waals surface area contributed by atoms with Crippen molar-refractivity contribution >= 4 is 0 Å². The normalized spacial score (nSPS) is 37.3. The minimum Gasteiger partial charge on any atom is -0.493 e. The first-order valence-electron chi connectivity index (χ1n) is 5.59. The van der Waals surface area contributed by atoms with E-state index in [0.717, 1.165) is 18.8 Å². The van der Waals surface area contributed by atoms with Crippen LogP contribution in [0.15, 0.2) is 18.2 Å². The van der Waals surface area contributed by atoms with Gasteiger partial charge in [0.2, 0.25) is 0 Å². The van der Waals surface area contributed by atoms with E-state index in [4.69, 9.17) is 4.74 Å². The molecule has 2 unspecified atom stereocenters. The van der Waals surface area contributed by atoms with E-state index < -0.39 is 0 Å². The molecule has 2 heteroatoms. The summed E-state index contributed by atoms with van der Waals surface area (Å²) in [6.45, 7) is 5.29. The van der Waals surface area contributed by atoms with Gasteiger partial charge in [-0.2, -0.15) is 0 Å². The molecule has 3 rings (SSSR count). The van der Waals surface area contributed by atoms with Crippen LogP contribution in [0.25, 0.3) is 0 Å². The van der Waals surface area contributed by atoms with Crippen LogP contribution in [0.4, 0.5) is 4.39 Å². The van der Waals surface area contributed by atoms with E-state index in [0.29, 0.717) is 11.8 Å². The van der Waals surface area contributed by atoms with Crippen LogP contribution >= 0.6 is 0 Å². The highest BCUT2D eigenvalue weighted by molar-refractivity contribution is 5.47. The summed E-state index contributed by atoms with van der Waals surface area (Å²) in [4.78, 5) is 0. The average molecular weight is 206 g/mol. The Morgan fingerprint density at radius 3 is 2.73 bits per heavy atom. The van der Waals surface area contributed by atoms with Crippen molar-refractivity contribution in [1.29, 1.82) is 0 Å². The standard InChI is InChI=1S/C13H15FO/c1-8-9(2)13(8)5-6-15-12-7-10(14)3-4-11(12)13/h3-4,7-9H,5-6H2,1-2H3. The predicted octanol–water partition coefficient (Wildman–Crippen LogP) is 3.13. The van der Waals surface area contributed by atoms with Crippen LogP contribution < -0.4 is 4.74 Å². The molecule has 0 N–H and O–H groups in total. The van der Waals surface area contributed by atoms with Gasteiger partial charge in [-0.3, -0.25) is 0 Å². The first-order chi connectivity index (χ1) is 7.16. The lowest BCUT2D eigenvalue weighted by Crippen LogP contribution is -2.22. The molecule has 15 heavy (non-hydrogen) atoms. The molecule has 2 aliphatic rings. The molecule has 1 heterocycles.